The quantitative estimate of drug-likeness (QED) is 0.704. The summed E-state index contributed by atoms with van der Waals surface area (Å²) < 4.78 is 27.8. The molecule has 29 heavy (non-hydrogen) atoms. The second-order valence-electron chi connectivity index (χ2n) is 7.57. The van der Waals surface area contributed by atoms with Gasteiger partial charge in [0.15, 0.2) is 0 Å². The maximum Gasteiger partial charge on any atom is 0.243 e. The summed E-state index contributed by atoms with van der Waals surface area (Å²) in [6, 6.07) is 20.5. The second-order valence-corrected chi connectivity index (χ2v) is 9.51. The molecule has 5 nitrogen and oxygen atoms in total. The molecule has 1 saturated heterocycles. The summed E-state index contributed by atoms with van der Waals surface area (Å²) >= 11 is 0. The van der Waals surface area contributed by atoms with Gasteiger partial charge in [-0.1, -0.05) is 42.5 Å². The van der Waals surface area contributed by atoms with E-state index < -0.39 is 10.0 Å². The van der Waals surface area contributed by atoms with Crippen LogP contribution in [0.4, 0.5) is 5.69 Å². The Bertz CT molecular complexity index is 1160. The fourth-order valence-electron chi connectivity index (χ4n) is 3.82. The molecule has 1 aliphatic heterocycles. The van der Waals surface area contributed by atoms with Crippen LogP contribution in [-0.4, -0.2) is 31.7 Å². The number of benzene rings is 3. The van der Waals surface area contributed by atoms with Gasteiger partial charge in [0.05, 0.1) is 10.8 Å². The van der Waals surface area contributed by atoms with Gasteiger partial charge in [0, 0.05) is 18.8 Å². The molecule has 1 aliphatic rings. The number of anilines is 1. The van der Waals surface area contributed by atoms with Crippen LogP contribution in [0.3, 0.4) is 0 Å². The first-order valence-corrected chi connectivity index (χ1v) is 11.2. The highest BCUT2D eigenvalue weighted by atomic mass is 32.2. The molecule has 3 aromatic carbocycles. The summed E-state index contributed by atoms with van der Waals surface area (Å²) in [5, 5.41) is 4.82. The first-order chi connectivity index (χ1) is 13.9. The molecule has 6 heteroatoms. The zero-order chi connectivity index (χ0) is 20.4. The summed E-state index contributed by atoms with van der Waals surface area (Å²) in [5.74, 6) is -0.492. The molecule has 1 N–H and O–H groups in total. The van der Waals surface area contributed by atoms with Crippen molar-refractivity contribution < 1.29 is 13.2 Å². The van der Waals surface area contributed by atoms with Crippen molar-refractivity contribution in [3.05, 3.63) is 72.3 Å². The summed E-state index contributed by atoms with van der Waals surface area (Å²) in [6.45, 7) is 2.60. The van der Waals surface area contributed by atoms with Gasteiger partial charge >= 0.3 is 0 Å². The molecule has 0 unspecified atom stereocenters. The van der Waals surface area contributed by atoms with Crippen LogP contribution in [0.2, 0.25) is 0 Å². The van der Waals surface area contributed by atoms with E-state index in [0.717, 1.165) is 22.0 Å². The van der Waals surface area contributed by atoms with Crippen LogP contribution in [0, 0.1) is 12.8 Å². The number of carbonyl (C=O) groups is 1. The van der Waals surface area contributed by atoms with Crippen molar-refractivity contribution in [2.24, 2.45) is 5.92 Å². The molecule has 3 aromatic rings. The lowest BCUT2D eigenvalue weighted by Crippen LogP contribution is -2.43. The van der Waals surface area contributed by atoms with Crippen molar-refractivity contribution in [2.75, 3.05) is 18.4 Å². The van der Waals surface area contributed by atoms with Crippen molar-refractivity contribution in [3.8, 4) is 0 Å². The fourth-order valence-corrected chi connectivity index (χ4v) is 5.38. The Balaban J connectivity index is 1.52. The predicted octanol–water partition coefficient (Wildman–Crippen LogP) is 4.19. The number of amides is 1. The van der Waals surface area contributed by atoms with E-state index in [2.05, 4.69) is 5.32 Å². The molecule has 1 fully saturated rings. The monoisotopic (exact) mass is 408 g/mol. The van der Waals surface area contributed by atoms with E-state index in [0.29, 0.717) is 19.4 Å². The molecule has 0 aromatic heterocycles. The number of aryl methyl sites for hydroxylation is 1. The topological polar surface area (TPSA) is 66.5 Å². The van der Waals surface area contributed by atoms with Gasteiger partial charge in [-0.05, 0) is 60.4 Å². The molecular formula is C23H24N2O3S. The minimum absolute atomic E-state index is 0.131. The average molecular weight is 409 g/mol. The zero-order valence-corrected chi connectivity index (χ0v) is 17.2. The normalized spacial score (nSPS) is 17.9. The second kappa shape index (κ2) is 7.97. The summed E-state index contributed by atoms with van der Waals surface area (Å²) in [5.41, 5.74) is 1.80. The summed E-state index contributed by atoms with van der Waals surface area (Å²) in [6.07, 6.45) is 1.35. The van der Waals surface area contributed by atoms with Gasteiger partial charge in [-0.3, -0.25) is 4.79 Å². The molecule has 1 heterocycles. The Morgan fingerprint density at radius 1 is 1.00 bits per heavy atom. The Hall–Kier alpha value is -2.70. The van der Waals surface area contributed by atoms with Crippen LogP contribution in [0.25, 0.3) is 10.8 Å². The first-order valence-electron chi connectivity index (χ1n) is 9.80. The van der Waals surface area contributed by atoms with Gasteiger partial charge in [0.1, 0.15) is 0 Å². The van der Waals surface area contributed by atoms with Crippen LogP contribution in [0.15, 0.2) is 71.6 Å². The van der Waals surface area contributed by atoms with Gasteiger partial charge in [0.25, 0.3) is 0 Å². The van der Waals surface area contributed by atoms with Gasteiger partial charge in [-0.2, -0.15) is 4.31 Å². The van der Waals surface area contributed by atoms with Crippen molar-refractivity contribution in [2.45, 2.75) is 24.7 Å². The Kier molecular flexibility index (Phi) is 5.39. The van der Waals surface area contributed by atoms with E-state index in [1.807, 2.05) is 61.5 Å². The third kappa shape index (κ3) is 4.18. The smallest absolute Gasteiger partial charge is 0.243 e. The summed E-state index contributed by atoms with van der Waals surface area (Å²) in [4.78, 5) is 13.0. The third-order valence-electron chi connectivity index (χ3n) is 5.40. The highest BCUT2D eigenvalue weighted by molar-refractivity contribution is 7.89. The molecule has 1 amide bonds. The number of sulfonamides is 1. The molecule has 0 aliphatic carbocycles. The Morgan fingerprint density at radius 3 is 2.59 bits per heavy atom. The number of nitrogens with one attached hydrogen (secondary N) is 1. The highest BCUT2D eigenvalue weighted by Gasteiger charge is 2.33. The lowest BCUT2D eigenvalue weighted by Gasteiger charge is -2.31. The van der Waals surface area contributed by atoms with Crippen LogP contribution in [0.1, 0.15) is 18.4 Å². The summed E-state index contributed by atoms with van der Waals surface area (Å²) in [7, 11) is -3.65. The number of hydrogen-bond acceptors (Lipinski definition) is 3. The molecule has 0 radical (unpaired) electrons. The zero-order valence-electron chi connectivity index (χ0n) is 16.3. The number of nitrogens with zero attached hydrogens (tertiary/aromatic N) is 1. The van der Waals surface area contributed by atoms with Gasteiger partial charge in [-0.25, -0.2) is 8.42 Å². The van der Waals surface area contributed by atoms with Crippen molar-refractivity contribution in [1.82, 2.24) is 4.31 Å². The van der Waals surface area contributed by atoms with E-state index in [9.17, 15) is 13.2 Å². The minimum Gasteiger partial charge on any atom is -0.326 e. The predicted molar refractivity (Wildman–Crippen MR) is 115 cm³/mol. The van der Waals surface area contributed by atoms with Crippen LogP contribution >= 0.6 is 0 Å². The molecule has 0 saturated carbocycles. The average Bonchev–Trinajstić information content (AvgIpc) is 2.73. The van der Waals surface area contributed by atoms with Gasteiger partial charge < -0.3 is 5.32 Å². The van der Waals surface area contributed by atoms with E-state index in [1.54, 1.807) is 12.1 Å². The van der Waals surface area contributed by atoms with Crippen LogP contribution < -0.4 is 5.32 Å². The third-order valence-corrected chi connectivity index (χ3v) is 7.26. The minimum atomic E-state index is -3.65. The molecule has 0 bridgehead atoms. The van der Waals surface area contributed by atoms with Crippen molar-refractivity contribution >= 4 is 32.4 Å². The maximum atomic E-state index is 13.2. The van der Waals surface area contributed by atoms with Crippen molar-refractivity contribution in [3.63, 3.8) is 0 Å². The number of piperidine rings is 1. The van der Waals surface area contributed by atoms with E-state index in [1.165, 1.54) is 4.31 Å². The van der Waals surface area contributed by atoms with E-state index in [-0.39, 0.29) is 23.3 Å². The molecular weight excluding hydrogens is 384 g/mol. The van der Waals surface area contributed by atoms with Crippen LogP contribution in [0.5, 0.6) is 0 Å². The SMILES string of the molecule is Cc1cccc(NC(=O)[C@@H]2CCCN(S(=O)(=O)c3ccc4ccccc4c3)C2)c1. The highest BCUT2D eigenvalue weighted by Crippen LogP contribution is 2.27. The van der Waals surface area contributed by atoms with Gasteiger partial charge in [0.2, 0.25) is 15.9 Å². The Labute approximate surface area is 171 Å². The van der Waals surface area contributed by atoms with Crippen LogP contribution in [-0.2, 0) is 14.8 Å². The number of fused-ring (bicyclic) bond motifs is 1. The maximum absolute atomic E-state index is 13.2. The van der Waals surface area contributed by atoms with Gasteiger partial charge in [-0.15, -0.1) is 0 Å². The number of hydrogen-bond donors (Lipinski definition) is 1. The van der Waals surface area contributed by atoms with E-state index in [4.69, 9.17) is 0 Å². The molecule has 150 valence electrons. The molecule has 1 atom stereocenters. The number of carbonyl (C=O) groups excluding carboxylic acids is 1. The largest absolute Gasteiger partial charge is 0.326 e. The molecule has 4 rings (SSSR count). The standard InChI is InChI=1S/C23H24N2O3S/c1-17-6-4-10-21(14-17)24-23(26)20-9-5-13-25(16-20)29(27,28)22-12-11-18-7-2-3-8-19(18)15-22/h2-4,6-8,10-12,14-15,20H,5,9,13,16H2,1H3,(H,24,26)/t20-/m1/s1. The first kappa shape index (κ1) is 19.6. The lowest BCUT2D eigenvalue weighted by atomic mass is 9.98. The number of rotatable bonds is 4. The lowest BCUT2D eigenvalue weighted by molar-refractivity contribution is -0.120. The van der Waals surface area contributed by atoms with E-state index >= 15 is 0 Å². The van der Waals surface area contributed by atoms with Crippen molar-refractivity contribution in [1.29, 1.82) is 0 Å². The fraction of sp³-hybridized carbons (Fsp3) is 0.261. The molecule has 0 spiro atoms. The Morgan fingerprint density at radius 2 is 1.79 bits per heavy atom.